The van der Waals surface area contributed by atoms with Crippen molar-refractivity contribution in [2.24, 2.45) is 0 Å². The Morgan fingerprint density at radius 3 is 2.45 bits per heavy atom. The molecule has 0 spiro atoms. The van der Waals surface area contributed by atoms with E-state index in [1.54, 1.807) is 49.9 Å². The fraction of sp³-hybridized carbons (Fsp3) is 0.652. The summed E-state index contributed by atoms with van der Waals surface area (Å²) in [6.07, 6.45) is 3.37. The standard InChI is InChI=1S/C23H34N2O6/c1-23(2,3)31-22(27)24-20(21(26)25-12-6-13-25)17-8-10-18(11-9-17)28-15-16-30-19-7-4-5-14-29-19/h8-11,19-20H,4-7,12-16H2,1-3H3,(H,24,27). The number of hydrogen-bond donors (Lipinski definition) is 1. The van der Waals surface area contributed by atoms with E-state index in [9.17, 15) is 9.59 Å². The molecule has 1 aromatic rings. The van der Waals surface area contributed by atoms with Crippen LogP contribution in [0.1, 0.15) is 58.1 Å². The molecule has 172 valence electrons. The normalized spacial score (nSPS) is 19.8. The zero-order valence-electron chi connectivity index (χ0n) is 18.7. The monoisotopic (exact) mass is 434 g/mol. The molecule has 2 saturated heterocycles. The van der Waals surface area contributed by atoms with Gasteiger partial charge in [0, 0.05) is 19.7 Å². The molecule has 1 aromatic carbocycles. The molecule has 3 rings (SSSR count). The molecule has 2 aliphatic heterocycles. The fourth-order valence-corrected chi connectivity index (χ4v) is 3.37. The molecule has 0 aliphatic carbocycles. The van der Waals surface area contributed by atoms with Crippen LogP contribution < -0.4 is 10.1 Å². The van der Waals surface area contributed by atoms with Crippen molar-refractivity contribution in [1.82, 2.24) is 10.2 Å². The molecule has 2 heterocycles. The Morgan fingerprint density at radius 2 is 1.87 bits per heavy atom. The summed E-state index contributed by atoms with van der Waals surface area (Å²) in [6, 6.07) is 6.37. The third-order valence-electron chi connectivity index (χ3n) is 5.08. The summed E-state index contributed by atoms with van der Waals surface area (Å²) in [7, 11) is 0. The van der Waals surface area contributed by atoms with E-state index >= 15 is 0 Å². The highest BCUT2D eigenvalue weighted by Gasteiger charge is 2.31. The lowest BCUT2D eigenvalue weighted by molar-refractivity contribution is -0.165. The van der Waals surface area contributed by atoms with E-state index in [2.05, 4.69) is 5.32 Å². The van der Waals surface area contributed by atoms with Gasteiger partial charge < -0.3 is 29.2 Å². The minimum atomic E-state index is -0.795. The summed E-state index contributed by atoms with van der Waals surface area (Å²) in [4.78, 5) is 26.9. The van der Waals surface area contributed by atoms with E-state index in [1.165, 1.54) is 0 Å². The maximum Gasteiger partial charge on any atom is 0.408 e. The Morgan fingerprint density at radius 1 is 1.13 bits per heavy atom. The molecule has 0 saturated carbocycles. The fourth-order valence-electron chi connectivity index (χ4n) is 3.37. The van der Waals surface area contributed by atoms with Crippen LogP contribution in [-0.4, -0.2) is 61.7 Å². The van der Waals surface area contributed by atoms with Crippen molar-refractivity contribution in [2.75, 3.05) is 32.9 Å². The predicted molar refractivity (Wildman–Crippen MR) is 115 cm³/mol. The lowest BCUT2D eigenvalue weighted by Crippen LogP contribution is -2.49. The molecule has 2 aliphatic rings. The first-order chi connectivity index (χ1) is 14.8. The number of likely N-dealkylation sites (tertiary alicyclic amines) is 1. The van der Waals surface area contributed by atoms with Crippen LogP contribution in [0, 0.1) is 0 Å². The molecule has 0 bridgehead atoms. The number of nitrogens with one attached hydrogen (secondary N) is 1. The molecule has 2 unspecified atom stereocenters. The third kappa shape index (κ3) is 7.40. The molecule has 2 atom stereocenters. The van der Waals surface area contributed by atoms with Crippen molar-refractivity contribution >= 4 is 12.0 Å². The highest BCUT2D eigenvalue weighted by Crippen LogP contribution is 2.23. The summed E-state index contributed by atoms with van der Waals surface area (Å²) >= 11 is 0. The molecule has 0 aromatic heterocycles. The van der Waals surface area contributed by atoms with Crippen molar-refractivity contribution in [3.8, 4) is 5.75 Å². The zero-order valence-corrected chi connectivity index (χ0v) is 18.7. The lowest BCUT2D eigenvalue weighted by atomic mass is 10.0. The van der Waals surface area contributed by atoms with Crippen LogP contribution >= 0.6 is 0 Å². The highest BCUT2D eigenvalue weighted by atomic mass is 16.7. The summed E-state index contributed by atoms with van der Waals surface area (Å²) < 4.78 is 22.3. The Hall–Kier alpha value is -2.32. The molecule has 0 radical (unpaired) electrons. The number of amides is 2. The van der Waals surface area contributed by atoms with Crippen molar-refractivity contribution < 1.29 is 28.5 Å². The SMILES string of the molecule is CC(C)(C)OC(=O)NC(C(=O)N1CCC1)c1ccc(OCCOC2CCCCO2)cc1. The maximum absolute atomic E-state index is 12.9. The first-order valence-corrected chi connectivity index (χ1v) is 11.1. The number of carbonyl (C=O) groups is 2. The van der Waals surface area contributed by atoms with Crippen LogP contribution in [-0.2, 0) is 19.0 Å². The van der Waals surface area contributed by atoms with Crippen LogP contribution in [0.4, 0.5) is 4.79 Å². The molecule has 8 nitrogen and oxygen atoms in total. The number of benzene rings is 1. The first-order valence-electron chi connectivity index (χ1n) is 11.1. The second-order valence-electron chi connectivity index (χ2n) is 8.84. The average Bonchev–Trinajstić information content (AvgIpc) is 2.68. The summed E-state index contributed by atoms with van der Waals surface area (Å²) in [6.45, 7) is 8.38. The van der Waals surface area contributed by atoms with Crippen molar-refractivity contribution in [3.63, 3.8) is 0 Å². The van der Waals surface area contributed by atoms with Gasteiger partial charge in [0.15, 0.2) is 6.29 Å². The van der Waals surface area contributed by atoms with Gasteiger partial charge in [-0.3, -0.25) is 4.79 Å². The maximum atomic E-state index is 12.9. The smallest absolute Gasteiger partial charge is 0.408 e. The first kappa shape index (κ1) is 23.3. The highest BCUT2D eigenvalue weighted by molar-refractivity contribution is 5.87. The van der Waals surface area contributed by atoms with Gasteiger partial charge in [-0.2, -0.15) is 0 Å². The Bertz CT molecular complexity index is 721. The second-order valence-corrected chi connectivity index (χ2v) is 8.84. The second kappa shape index (κ2) is 10.8. The summed E-state index contributed by atoms with van der Waals surface area (Å²) in [5.74, 6) is 0.538. The van der Waals surface area contributed by atoms with E-state index in [4.69, 9.17) is 18.9 Å². The zero-order chi connectivity index (χ0) is 22.3. The van der Waals surface area contributed by atoms with E-state index in [-0.39, 0.29) is 12.2 Å². The van der Waals surface area contributed by atoms with Crippen molar-refractivity contribution in [3.05, 3.63) is 29.8 Å². The van der Waals surface area contributed by atoms with E-state index < -0.39 is 17.7 Å². The summed E-state index contributed by atoms with van der Waals surface area (Å²) in [5, 5.41) is 2.72. The molecular weight excluding hydrogens is 400 g/mol. The van der Waals surface area contributed by atoms with Gasteiger partial charge >= 0.3 is 6.09 Å². The molecule has 2 amide bonds. The van der Waals surface area contributed by atoms with Gasteiger partial charge in [0.25, 0.3) is 0 Å². The van der Waals surface area contributed by atoms with Gasteiger partial charge in [0.1, 0.15) is 24.0 Å². The van der Waals surface area contributed by atoms with E-state index in [0.29, 0.717) is 37.6 Å². The van der Waals surface area contributed by atoms with Gasteiger partial charge in [0.2, 0.25) is 5.91 Å². The topological polar surface area (TPSA) is 86.3 Å². The predicted octanol–water partition coefficient (Wildman–Crippen LogP) is 3.41. The molecular formula is C23H34N2O6. The van der Waals surface area contributed by atoms with E-state index in [0.717, 1.165) is 32.3 Å². The van der Waals surface area contributed by atoms with Crippen LogP contribution in [0.15, 0.2) is 24.3 Å². The molecule has 31 heavy (non-hydrogen) atoms. The quantitative estimate of drug-likeness (QED) is 0.631. The number of carbonyl (C=O) groups excluding carboxylic acids is 2. The minimum absolute atomic E-state index is 0.132. The minimum Gasteiger partial charge on any atom is -0.491 e. The molecule has 8 heteroatoms. The summed E-state index contributed by atoms with van der Waals surface area (Å²) in [5.41, 5.74) is 0.0404. The van der Waals surface area contributed by atoms with Crippen LogP contribution in [0.3, 0.4) is 0 Å². The number of rotatable bonds is 8. The van der Waals surface area contributed by atoms with Gasteiger partial charge in [0.05, 0.1) is 6.61 Å². The Kier molecular flexibility index (Phi) is 8.15. The number of ether oxygens (including phenoxy) is 4. The van der Waals surface area contributed by atoms with Crippen LogP contribution in [0.5, 0.6) is 5.75 Å². The third-order valence-corrected chi connectivity index (χ3v) is 5.08. The average molecular weight is 435 g/mol. The number of alkyl carbamates (subject to hydrolysis) is 1. The number of hydrogen-bond acceptors (Lipinski definition) is 6. The lowest BCUT2D eigenvalue weighted by Gasteiger charge is -2.34. The van der Waals surface area contributed by atoms with Gasteiger partial charge in [-0.05, 0) is 64.2 Å². The van der Waals surface area contributed by atoms with Crippen molar-refractivity contribution in [2.45, 2.75) is 64.4 Å². The molecule has 1 N–H and O–H groups in total. The largest absolute Gasteiger partial charge is 0.491 e. The van der Waals surface area contributed by atoms with Gasteiger partial charge in [-0.15, -0.1) is 0 Å². The van der Waals surface area contributed by atoms with Crippen LogP contribution in [0.2, 0.25) is 0 Å². The Balaban J connectivity index is 1.54. The Labute approximate surface area is 184 Å². The molecule has 2 fully saturated rings. The van der Waals surface area contributed by atoms with Crippen molar-refractivity contribution in [1.29, 1.82) is 0 Å². The van der Waals surface area contributed by atoms with Gasteiger partial charge in [-0.25, -0.2) is 4.79 Å². The van der Waals surface area contributed by atoms with Crippen LogP contribution in [0.25, 0.3) is 0 Å². The van der Waals surface area contributed by atoms with E-state index in [1.807, 2.05) is 0 Å². The van der Waals surface area contributed by atoms with Gasteiger partial charge in [-0.1, -0.05) is 12.1 Å². The number of nitrogens with zero attached hydrogens (tertiary/aromatic N) is 1.